The SMILES string of the molecule is CC(C)C[C@@H]1NC(=O)[C@H](CCCN)NC(=O)[C@H](C(C)C)NC(=O)[C@H](Cc2cn([C@H]3O[C@H](CO)[C@@H](O)[C@H](O)[C@@H]3O)nn2)NC(=O)[C@H](CCC(N)=O)NC(=O)[C@H](CC(N)=O)NC(=O)[C@@H](Cc2ccccc2)NC(=O)[C@H](Cc2ccccc2)NC(=O)[C@@H]2CCCN2C(=O)[C@@H](Cc2ccccc2)NC1=O. The standard InChI is InChI=1S/C68H94N16O17/c1-36(2)28-44-60(93)79-49(31-40-20-12-7-13-21-40)67(100)83-27-15-23-50(83)65(98)78-46(30-39-18-10-6-11-19-39)62(95)75-45(29-38-16-8-5-9-17-38)61(94)77-48(33-53(71)87)63(96)72-43(24-25-52(70)86)59(92)76-47(32-41-34-84(82-81-41)68-57(90)56(89)55(88)51(35-85)101-68)64(97)80-54(37(3)4)66(99)73-42(22-14-26-69)58(91)74-44/h5-13,16-21,34,36-37,42-51,54-57,68,85,88-90H,14-15,22-33,35,69H2,1-4H3,(H2,70,86)(H2,71,87)(H,72,96)(H,73,99)(H,74,91)(H,75,95)(H,76,92)(H,77,94)(H,78,98)(H,79,93)(H,80,97)/t42-,43-,44-,45+,46-,47-,48-,49+,50-,51+,54-,55+,56-,57-,68-/m0/s1. The molecule has 548 valence electrons. The van der Waals surface area contributed by atoms with Gasteiger partial charge in [-0.1, -0.05) is 124 Å². The predicted octanol–water partition coefficient (Wildman–Crippen LogP) is -4.53. The number of aliphatic hydroxyl groups is 4. The monoisotopic (exact) mass is 1410 g/mol. The van der Waals surface area contributed by atoms with Crippen molar-refractivity contribution in [3.8, 4) is 0 Å². The number of benzene rings is 3. The lowest BCUT2D eigenvalue weighted by Gasteiger charge is -2.39. The first kappa shape index (κ1) is 78.5. The fourth-order valence-corrected chi connectivity index (χ4v) is 12.1. The first-order chi connectivity index (χ1) is 48.1. The topological polar surface area (TPSA) is 515 Å². The molecular formula is C68H94N16O17. The minimum absolute atomic E-state index is 0.0178. The maximum absolute atomic E-state index is 15.2. The molecule has 33 nitrogen and oxygen atoms in total. The fourth-order valence-electron chi connectivity index (χ4n) is 12.1. The minimum atomic E-state index is -1.93. The molecule has 3 aromatic carbocycles. The summed E-state index contributed by atoms with van der Waals surface area (Å²) >= 11 is 0. The number of carbonyl (C=O) groups excluding carboxylic acids is 12. The van der Waals surface area contributed by atoms with Crippen molar-refractivity contribution in [2.24, 2.45) is 29.0 Å². The molecule has 3 saturated heterocycles. The molecule has 0 aliphatic carbocycles. The van der Waals surface area contributed by atoms with E-state index in [0.29, 0.717) is 23.1 Å². The van der Waals surface area contributed by atoms with Crippen molar-refractivity contribution in [3.63, 3.8) is 0 Å². The number of carbonyl (C=O) groups is 12. The molecule has 7 rings (SSSR count). The van der Waals surface area contributed by atoms with Crippen molar-refractivity contribution >= 4 is 70.9 Å². The Hall–Kier alpha value is -9.80. The third-order valence-electron chi connectivity index (χ3n) is 17.6. The normalized spacial score (nSPS) is 27.5. The Morgan fingerprint density at radius 3 is 1.52 bits per heavy atom. The fraction of sp³-hybridized carbons (Fsp3) is 0.529. The maximum atomic E-state index is 15.2. The van der Waals surface area contributed by atoms with Gasteiger partial charge in [0.25, 0.3) is 0 Å². The van der Waals surface area contributed by atoms with Crippen LogP contribution >= 0.6 is 0 Å². The molecule has 3 fully saturated rings. The van der Waals surface area contributed by atoms with Gasteiger partial charge in [-0.3, -0.25) is 57.5 Å². The number of nitrogens with two attached hydrogens (primary N) is 3. The molecule has 19 N–H and O–H groups in total. The number of hydrogen-bond acceptors (Lipinski definition) is 20. The maximum Gasteiger partial charge on any atom is 0.246 e. The summed E-state index contributed by atoms with van der Waals surface area (Å²) in [6, 6.07) is 10.1. The molecule has 3 aliphatic rings. The lowest BCUT2D eigenvalue weighted by atomic mass is 9.98. The number of fused-ring (bicyclic) bond motifs is 1. The highest BCUT2D eigenvalue weighted by atomic mass is 16.6. The van der Waals surface area contributed by atoms with E-state index in [0.717, 1.165) is 10.9 Å². The van der Waals surface area contributed by atoms with E-state index in [1.807, 2.05) is 0 Å². The molecule has 4 aromatic rings. The van der Waals surface area contributed by atoms with Gasteiger partial charge in [0.1, 0.15) is 84.8 Å². The van der Waals surface area contributed by atoms with Crippen LogP contribution in [0.15, 0.2) is 97.2 Å². The van der Waals surface area contributed by atoms with Crippen LogP contribution in [-0.2, 0) is 88.0 Å². The van der Waals surface area contributed by atoms with Gasteiger partial charge < -0.3 is 95.1 Å². The van der Waals surface area contributed by atoms with Crippen molar-refractivity contribution in [2.75, 3.05) is 19.7 Å². The quantitative estimate of drug-likeness (QED) is 0.0374. The number of aliphatic hydroxyl groups excluding tert-OH is 4. The Morgan fingerprint density at radius 2 is 1.00 bits per heavy atom. The van der Waals surface area contributed by atoms with E-state index in [1.54, 1.807) is 119 Å². The molecule has 0 unspecified atom stereocenters. The van der Waals surface area contributed by atoms with Gasteiger partial charge in [-0.15, -0.1) is 5.10 Å². The van der Waals surface area contributed by atoms with Crippen LogP contribution in [0.2, 0.25) is 0 Å². The molecule has 1 aromatic heterocycles. The van der Waals surface area contributed by atoms with Crippen LogP contribution in [0, 0.1) is 11.8 Å². The number of amides is 12. The second-order valence-corrected chi connectivity index (χ2v) is 26.3. The molecule has 3 aliphatic heterocycles. The summed E-state index contributed by atoms with van der Waals surface area (Å²) in [6.45, 7) is 5.98. The highest BCUT2D eigenvalue weighted by Crippen LogP contribution is 2.28. The van der Waals surface area contributed by atoms with Crippen LogP contribution < -0.4 is 65.1 Å². The lowest BCUT2D eigenvalue weighted by molar-refractivity contribution is -0.254. The summed E-state index contributed by atoms with van der Waals surface area (Å²) in [6.07, 6.45) is -10.0. The first-order valence-electron chi connectivity index (χ1n) is 33.8. The van der Waals surface area contributed by atoms with Crippen LogP contribution in [0.4, 0.5) is 0 Å². The van der Waals surface area contributed by atoms with Crippen LogP contribution in [-0.4, -0.2) is 216 Å². The van der Waals surface area contributed by atoms with E-state index in [-0.39, 0.29) is 69.6 Å². The zero-order valence-electron chi connectivity index (χ0n) is 56.8. The first-order valence-corrected chi connectivity index (χ1v) is 33.8. The van der Waals surface area contributed by atoms with Crippen molar-refractivity contribution < 1.29 is 82.7 Å². The second-order valence-electron chi connectivity index (χ2n) is 26.3. The Balaban J connectivity index is 1.33. The summed E-state index contributed by atoms with van der Waals surface area (Å²) in [4.78, 5) is 175. The van der Waals surface area contributed by atoms with Crippen molar-refractivity contribution in [2.45, 2.75) is 196 Å². The van der Waals surface area contributed by atoms with Crippen LogP contribution in [0.25, 0.3) is 0 Å². The Kier molecular flexibility index (Phi) is 29.2. The average Bonchev–Trinajstić information content (AvgIpc) is 1.71. The molecule has 0 saturated carbocycles. The van der Waals surface area contributed by atoms with E-state index >= 15 is 4.79 Å². The molecule has 0 bridgehead atoms. The smallest absolute Gasteiger partial charge is 0.246 e. The number of ether oxygens (including phenoxy) is 1. The third-order valence-corrected chi connectivity index (χ3v) is 17.6. The van der Waals surface area contributed by atoms with E-state index in [2.05, 4.69) is 58.2 Å². The van der Waals surface area contributed by atoms with E-state index < -0.39 is 200 Å². The molecule has 101 heavy (non-hydrogen) atoms. The van der Waals surface area contributed by atoms with Gasteiger partial charge in [-0.05, 0) is 73.6 Å². The van der Waals surface area contributed by atoms with Gasteiger partial charge in [0.05, 0.1) is 24.9 Å². The summed E-state index contributed by atoms with van der Waals surface area (Å²) in [5, 5.41) is 73.8. The molecule has 4 heterocycles. The van der Waals surface area contributed by atoms with Gasteiger partial charge in [0.2, 0.25) is 70.9 Å². The van der Waals surface area contributed by atoms with Crippen LogP contribution in [0.3, 0.4) is 0 Å². The van der Waals surface area contributed by atoms with Gasteiger partial charge >= 0.3 is 0 Å². The summed E-state index contributed by atoms with van der Waals surface area (Å²) in [7, 11) is 0. The zero-order chi connectivity index (χ0) is 73.6. The second kappa shape index (κ2) is 37.6. The number of nitrogens with zero attached hydrogens (tertiary/aromatic N) is 4. The summed E-state index contributed by atoms with van der Waals surface area (Å²) in [5.74, 6) is -12.7. The predicted molar refractivity (Wildman–Crippen MR) is 360 cm³/mol. The largest absolute Gasteiger partial charge is 0.394 e. The van der Waals surface area contributed by atoms with E-state index in [9.17, 15) is 73.2 Å². The molecular weight excluding hydrogens is 1310 g/mol. The zero-order valence-corrected chi connectivity index (χ0v) is 56.8. The van der Waals surface area contributed by atoms with Crippen molar-refractivity contribution in [1.29, 1.82) is 0 Å². The number of hydrogen-bond donors (Lipinski definition) is 16. The Morgan fingerprint density at radius 1 is 0.545 bits per heavy atom. The molecule has 15 atom stereocenters. The Bertz CT molecular complexity index is 3510. The summed E-state index contributed by atoms with van der Waals surface area (Å²) < 4.78 is 6.54. The lowest BCUT2D eigenvalue weighted by Crippen LogP contribution is -2.62. The van der Waals surface area contributed by atoms with Crippen LogP contribution in [0.5, 0.6) is 0 Å². The highest BCUT2D eigenvalue weighted by Gasteiger charge is 2.46. The number of aromatic nitrogens is 3. The molecule has 12 amide bonds. The van der Waals surface area contributed by atoms with Gasteiger partial charge in [0, 0.05) is 38.6 Å². The average molecular weight is 1410 g/mol. The van der Waals surface area contributed by atoms with Gasteiger partial charge in [-0.2, -0.15) is 0 Å². The van der Waals surface area contributed by atoms with E-state index in [4.69, 9.17) is 21.9 Å². The molecule has 0 spiro atoms. The van der Waals surface area contributed by atoms with Crippen LogP contribution in [0.1, 0.15) is 108 Å². The van der Waals surface area contributed by atoms with Gasteiger partial charge in [-0.25, -0.2) is 4.68 Å². The van der Waals surface area contributed by atoms with E-state index in [1.165, 1.54) is 4.90 Å². The summed E-state index contributed by atoms with van der Waals surface area (Å²) in [5.41, 5.74) is 18.7. The van der Waals surface area contributed by atoms with Gasteiger partial charge in [0.15, 0.2) is 6.23 Å². The number of primary amides is 2. The third kappa shape index (κ3) is 22.6. The minimum Gasteiger partial charge on any atom is -0.394 e. The Labute approximate surface area is 583 Å². The van der Waals surface area contributed by atoms with Crippen molar-refractivity contribution in [3.05, 3.63) is 120 Å². The molecule has 0 radical (unpaired) electrons. The highest BCUT2D eigenvalue weighted by molar-refractivity contribution is 6.01. The molecule has 33 heteroatoms. The number of nitrogens with one attached hydrogen (secondary N) is 9. The number of rotatable bonds is 21. The van der Waals surface area contributed by atoms with Crippen molar-refractivity contribution in [1.82, 2.24) is 67.7 Å².